The van der Waals surface area contributed by atoms with Crippen LogP contribution in [-0.2, 0) is 11.2 Å². The summed E-state index contributed by atoms with van der Waals surface area (Å²) in [6.07, 6.45) is 2.19. The molecule has 0 saturated heterocycles. The predicted octanol–water partition coefficient (Wildman–Crippen LogP) is 4.89. The lowest BCUT2D eigenvalue weighted by Crippen LogP contribution is -2.14. The fraction of sp³-hybridized carbons (Fsp3) is 0.273. The molecule has 5 nitrogen and oxygen atoms in total. The quantitative estimate of drug-likeness (QED) is 0.618. The normalized spacial score (nSPS) is 11.1. The van der Waals surface area contributed by atoms with Gasteiger partial charge in [0, 0.05) is 18.1 Å². The molecule has 152 valence electrons. The minimum absolute atomic E-state index is 0.0387. The molecule has 1 heterocycles. The van der Waals surface area contributed by atoms with Gasteiger partial charge in [-0.3, -0.25) is 14.2 Å². The molecule has 0 spiro atoms. The van der Waals surface area contributed by atoms with E-state index in [0.29, 0.717) is 28.6 Å². The second kappa shape index (κ2) is 8.03. The molecule has 0 saturated carbocycles. The Balaban J connectivity index is 2.29. The fourth-order valence-corrected chi connectivity index (χ4v) is 3.42. The average molecular weight is 401 g/mol. The number of aryl methyl sites for hydroxylation is 1. The van der Waals surface area contributed by atoms with Gasteiger partial charge < -0.3 is 9.84 Å². The van der Waals surface area contributed by atoms with Gasteiger partial charge in [-0.1, -0.05) is 13.3 Å². The number of benzene rings is 2. The molecule has 3 aromatic rings. The number of aromatic hydroxyl groups is 1. The number of esters is 1. The first kappa shape index (κ1) is 20.5. The maximum Gasteiger partial charge on any atom is 0.308 e. The van der Waals surface area contributed by atoms with Crippen molar-refractivity contribution in [3.63, 3.8) is 0 Å². The van der Waals surface area contributed by atoms with Crippen LogP contribution in [0, 0.1) is 18.6 Å². The van der Waals surface area contributed by atoms with Gasteiger partial charge in [0.25, 0.3) is 5.91 Å². The first-order valence-electron chi connectivity index (χ1n) is 9.30. The number of carbonyl (C=O) groups is 2. The summed E-state index contributed by atoms with van der Waals surface area (Å²) in [7, 11) is 0. The number of phenols is 1. The molecule has 29 heavy (non-hydrogen) atoms. The molecular weight excluding hydrogens is 380 g/mol. The van der Waals surface area contributed by atoms with Gasteiger partial charge in [-0.05, 0) is 50.1 Å². The van der Waals surface area contributed by atoms with Gasteiger partial charge in [-0.15, -0.1) is 0 Å². The topological polar surface area (TPSA) is 68.5 Å². The minimum atomic E-state index is -1.13. The summed E-state index contributed by atoms with van der Waals surface area (Å²) in [5, 5.41) is 10.9. The van der Waals surface area contributed by atoms with E-state index in [1.165, 1.54) is 29.7 Å². The first-order chi connectivity index (χ1) is 13.8. The van der Waals surface area contributed by atoms with Gasteiger partial charge in [0.1, 0.15) is 5.75 Å². The number of nitrogens with zero attached hydrogens (tertiary/aromatic N) is 1. The molecule has 7 heteroatoms. The van der Waals surface area contributed by atoms with Crippen molar-refractivity contribution in [2.75, 3.05) is 0 Å². The van der Waals surface area contributed by atoms with Crippen molar-refractivity contribution in [3.8, 4) is 11.5 Å². The van der Waals surface area contributed by atoms with E-state index >= 15 is 0 Å². The highest BCUT2D eigenvalue weighted by Crippen LogP contribution is 2.40. The van der Waals surface area contributed by atoms with Crippen molar-refractivity contribution in [1.29, 1.82) is 0 Å². The van der Waals surface area contributed by atoms with E-state index in [1.807, 2.05) is 6.92 Å². The van der Waals surface area contributed by atoms with E-state index in [0.717, 1.165) is 25.0 Å². The molecule has 0 aliphatic heterocycles. The second-order valence-corrected chi connectivity index (χ2v) is 6.84. The Hall–Kier alpha value is -3.22. The monoisotopic (exact) mass is 401 g/mol. The lowest BCUT2D eigenvalue weighted by atomic mass is 10.0. The molecule has 0 radical (unpaired) electrons. The summed E-state index contributed by atoms with van der Waals surface area (Å²) in [4.78, 5) is 24.8. The van der Waals surface area contributed by atoms with Crippen LogP contribution in [0.3, 0.4) is 0 Å². The van der Waals surface area contributed by atoms with Gasteiger partial charge >= 0.3 is 5.97 Å². The second-order valence-electron chi connectivity index (χ2n) is 6.84. The number of fused-ring (bicyclic) bond motifs is 1. The van der Waals surface area contributed by atoms with Crippen molar-refractivity contribution < 1.29 is 28.2 Å². The molecule has 0 amide bonds. The summed E-state index contributed by atoms with van der Waals surface area (Å²) in [5.74, 6) is -3.15. The molecule has 0 aliphatic carbocycles. The first-order valence-corrected chi connectivity index (χ1v) is 9.30. The van der Waals surface area contributed by atoms with Gasteiger partial charge in [-0.25, -0.2) is 8.78 Å². The van der Waals surface area contributed by atoms with E-state index in [4.69, 9.17) is 4.74 Å². The van der Waals surface area contributed by atoms with Crippen molar-refractivity contribution >= 4 is 22.8 Å². The zero-order valence-electron chi connectivity index (χ0n) is 16.4. The SMILES string of the molecule is CCCCc1c(O)ccc2c1c(OC(C)=O)c(C)n2C(=O)c1ccc(F)c(F)c1. The van der Waals surface area contributed by atoms with E-state index in [1.54, 1.807) is 6.92 Å². The smallest absolute Gasteiger partial charge is 0.308 e. The average Bonchev–Trinajstić information content (AvgIpc) is 2.94. The number of rotatable bonds is 5. The fourth-order valence-electron chi connectivity index (χ4n) is 3.42. The lowest BCUT2D eigenvalue weighted by Gasteiger charge is -2.09. The van der Waals surface area contributed by atoms with Crippen LogP contribution in [0.25, 0.3) is 10.9 Å². The third-order valence-electron chi connectivity index (χ3n) is 4.79. The summed E-state index contributed by atoms with van der Waals surface area (Å²) < 4.78 is 33.6. The summed E-state index contributed by atoms with van der Waals surface area (Å²) in [6.45, 7) is 4.85. The number of phenolic OH excluding ortho intramolecular Hbond substituents is 1. The third-order valence-corrected chi connectivity index (χ3v) is 4.79. The van der Waals surface area contributed by atoms with Gasteiger partial charge in [0.2, 0.25) is 0 Å². The van der Waals surface area contributed by atoms with E-state index < -0.39 is 23.5 Å². The van der Waals surface area contributed by atoms with Crippen LogP contribution >= 0.6 is 0 Å². The summed E-state index contributed by atoms with van der Waals surface area (Å²) in [6, 6.07) is 5.91. The molecule has 0 aliphatic rings. The number of hydrogen-bond donors (Lipinski definition) is 1. The maximum atomic E-state index is 13.7. The molecule has 1 N–H and O–H groups in total. The van der Waals surface area contributed by atoms with Crippen LogP contribution in [-0.4, -0.2) is 21.6 Å². The Kier molecular flexibility index (Phi) is 5.68. The third kappa shape index (κ3) is 3.72. The molecule has 1 aromatic heterocycles. The van der Waals surface area contributed by atoms with Crippen LogP contribution < -0.4 is 4.74 Å². The van der Waals surface area contributed by atoms with Gasteiger partial charge in [0.05, 0.1) is 16.6 Å². The molecular formula is C22H21F2NO4. The predicted molar refractivity (Wildman–Crippen MR) is 104 cm³/mol. The van der Waals surface area contributed by atoms with E-state index in [9.17, 15) is 23.5 Å². The van der Waals surface area contributed by atoms with E-state index in [-0.39, 0.29) is 17.1 Å². The number of unbranched alkanes of at least 4 members (excludes halogenated alkanes) is 1. The zero-order valence-corrected chi connectivity index (χ0v) is 16.4. The number of hydrogen-bond acceptors (Lipinski definition) is 4. The van der Waals surface area contributed by atoms with Crippen LogP contribution in [0.5, 0.6) is 11.5 Å². The Morgan fingerprint density at radius 2 is 1.86 bits per heavy atom. The Bertz CT molecular complexity index is 1120. The molecule has 0 fully saturated rings. The maximum absolute atomic E-state index is 13.7. The Morgan fingerprint density at radius 3 is 2.48 bits per heavy atom. The highest BCUT2D eigenvalue weighted by Gasteiger charge is 2.25. The molecule has 3 rings (SSSR count). The highest BCUT2D eigenvalue weighted by molar-refractivity contribution is 6.06. The largest absolute Gasteiger partial charge is 0.508 e. The van der Waals surface area contributed by atoms with Crippen molar-refractivity contribution in [2.45, 2.75) is 40.0 Å². The summed E-state index contributed by atoms with van der Waals surface area (Å²) in [5.41, 5.74) is 1.26. The van der Waals surface area contributed by atoms with Crippen LogP contribution in [0.2, 0.25) is 0 Å². The van der Waals surface area contributed by atoms with Crippen molar-refractivity contribution in [2.24, 2.45) is 0 Å². The van der Waals surface area contributed by atoms with Crippen LogP contribution in [0.1, 0.15) is 48.3 Å². The highest BCUT2D eigenvalue weighted by atomic mass is 19.2. The van der Waals surface area contributed by atoms with Crippen molar-refractivity contribution in [1.82, 2.24) is 4.57 Å². The van der Waals surface area contributed by atoms with Crippen LogP contribution in [0.4, 0.5) is 8.78 Å². The minimum Gasteiger partial charge on any atom is -0.508 e. The molecule has 2 aromatic carbocycles. The number of ether oxygens (including phenoxy) is 1. The zero-order chi connectivity index (χ0) is 21.3. The lowest BCUT2D eigenvalue weighted by molar-refractivity contribution is -0.131. The van der Waals surface area contributed by atoms with Crippen molar-refractivity contribution in [3.05, 3.63) is 58.8 Å². The number of halogens is 2. The Morgan fingerprint density at radius 1 is 1.14 bits per heavy atom. The number of aromatic nitrogens is 1. The standard InChI is InChI=1S/C22H21F2NO4/c1-4-5-6-15-19(27)10-9-18-20(15)21(29-13(3)26)12(2)25(18)22(28)14-7-8-16(23)17(24)11-14/h7-11,27H,4-6H2,1-3H3. The number of carbonyl (C=O) groups excluding carboxylic acids is 2. The summed E-state index contributed by atoms with van der Waals surface area (Å²) >= 11 is 0. The van der Waals surface area contributed by atoms with E-state index in [2.05, 4.69) is 0 Å². The molecule has 0 bridgehead atoms. The van der Waals surface area contributed by atoms with Gasteiger partial charge in [-0.2, -0.15) is 0 Å². The van der Waals surface area contributed by atoms with Crippen LogP contribution in [0.15, 0.2) is 30.3 Å². The Labute approximate surface area is 166 Å². The molecule has 0 atom stereocenters. The van der Waals surface area contributed by atoms with Gasteiger partial charge in [0.15, 0.2) is 17.4 Å². The molecule has 0 unspecified atom stereocenters.